The van der Waals surface area contributed by atoms with Gasteiger partial charge in [0, 0.05) is 18.8 Å². The lowest BCUT2D eigenvalue weighted by atomic mass is 9.95. The van der Waals surface area contributed by atoms with E-state index in [4.69, 9.17) is 5.73 Å². The molecule has 3 nitrogen and oxygen atoms in total. The zero-order chi connectivity index (χ0) is 19.4. The maximum Gasteiger partial charge on any atom is 0.133 e. The zero-order valence-corrected chi connectivity index (χ0v) is 17.6. The lowest BCUT2D eigenvalue weighted by Crippen LogP contribution is -2.37. The molecule has 0 heterocycles. The molecule has 1 rings (SSSR count). The summed E-state index contributed by atoms with van der Waals surface area (Å²) < 4.78 is 0. The lowest BCUT2D eigenvalue weighted by Gasteiger charge is -2.34. The van der Waals surface area contributed by atoms with Crippen LogP contribution in [0.15, 0.2) is 24.3 Å². The molecule has 0 aliphatic heterocycles. The molecular weight excluding hydrogens is 320 g/mol. The van der Waals surface area contributed by atoms with Crippen molar-refractivity contribution in [3.8, 4) is 0 Å². The van der Waals surface area contributed by atoms with Crippen LogP contribution in [-0.2, 0) is 0 Å². The highest BCUT2D eigenvalue weighted by Crippen LogP contribution is 2.26. The maximum atomic E-state index is 11.1. The van der Waals surface area contributed by atoms with E-state index in [1.807, 2.05) is 24.3 Å². The Hall–Kier alpha value is -1.06. The van der Waals surface area contributed by atoms with Gasteiger partial charge in [0.05, 0.1) is 0 Å². The van der Waals surface area contributed by atoms with E-state index in [1.54, 1.807) is 0 Å². The van der Waals surface area contributed by atoms with Crippen LogP contribution in [0.4, 0.5) is 5.69 Å². The number of anilines is 1. The SMILES string of the molecule is CCCCC(CC)CN(CC(CC)CCCC)C(O)c1ccc(N)cc1. The van der Waals surface area contributed by atoms with Gasteiger partial charge in [-0.15, -0.1) is 0 Å². The summed E-state index contributed by atoms with van der Waals surface area (Å²) >= 11 is 0. The van der Waals surface area contributed by atoms with Crippen LogP contribution in [0.2, 0.25) is 0 Å². The van der Waals surface area contributed by atoms with Crippen molar-refractivity contribution in [2.24, 2.45) is 11.8 Å². The van der Waals surface area contributed by atoms with Crippen LogP contribution in [0, 0.1) is 11.8 Å². The second-order valence-electron chi connectivity index (χ2n) is 7.83. The van der Waals surface area contributed by atoms with Gasteiger partial charge < -0.3 is 10.8 Å². The van der Waals surface area contributed by atoms with Gasteiger partial charge in [0.25, 0.3) is 0 Å². The van der Waals surface area contributed by atoms with Crippen LogP contribution in [0.3, 0.4) is 0 Å². The summed E-state index contributed by atoms with van der Waals surface area (Å²) in [5, 5.41) is 11.1. The molecule has 0 saturated carbocycles. The molecule has 0 aliphatic rings. The van der Waals surface area contributed by atoms with Crippen LogP contribution in [0.5, 0.6) is 0 Å². The molecule has 3 N–H and O–H groups in total. The van der Waals surface area contributed by atoms with Crippen molar-refractivity contribution < 1.29 is 5.11 Å². The van der Waals surface area contributed by atoms with Crippen LogP contribution in [0.25, 0.3) is 0 Å². The third-order valence-corrected chi connectivity index (χ3v) is 5.65. The van der Waals surface area contributed by atoms with Gasteiger partial charge in [-0.25, -0.2) is 0 Å². The minimum Gasteiger partial charge on any atom is -0.399 e. The first kappa shape index (κ1) is 23.0. The quantitative estimate of drug-likeness (QED) is 0.315. The second kappa shape index (κ2) is 13.2. The molecule has 0 aromatic heterocycles. The molecule has 1 aromatic carbocycles. The van der Waals surface area contributed by atoms with E-state index in [1.165, 1.54) is 51.4 Å². The molecule has 150 valence electrons. The van der Waals surface area contributed by atoms with Crippen molar-refractivity contribution in [3.63, 3.8) is 0 Å². The van der Waals surface area contributed by atoms with Crippen LogP contribution in [-0.4, -0.2) is 23.1 Å². The van der Waals surface area contributed by atoms with Crippen LogP contribution >= 0.6 is 0 Å². The Bertz CT molecular complexity index is 442. The summed E-state index contributed by atoms with van der Waals surface area (Å²) in [4.78, 5) is 2.32. The monoisotopic (exact) mass is 362 g/mol. The highest BCUT2D eigenvalue weighted by atomic mass is 16.3. The van der Waals surface area contributed by atoms with Crippen LogP contribution in [0.1, 0.15) is 90.9 Å². The predicted molar refractivity (Wildman–Crippen MR) is 114 cm³/mol. The van der Waals surface area contributed by atoms with Gasteiger partial charge in [-0.1, -0.05) is 78.4 Å². The van der Waals surface area contributed by atoms with Gasteiger partial charge in [-0.3, -0.25) is 4.90 Å². The van der Waals surface area contributed by atoms with Gasteiger partial charge in [0.15, 0.2) is 0 Å². The summed E-state index contributed by atoms with van der Waals surface area (Å²) in [6.07, 6.45) is 9.35. The van der Waals surface area contributed by atoms with Crippen LogP contribution < -0.4 is 5.73 Å². The summed E-state index contributed by atoms with van der Waals surface area (Å²) in [7, 11) is 0. The van der Waals surface area contributed by atoms with Crippen molar-refractivity contribution in [2.75, 3.05) is 18.8 Å². The molecule has 0 amide bonds. The molecule has 3 heteroatoms. The fourth-order valence-electron chi connectivity index (χ4n) is 3.65. The van der Waals surface area contributed by atoms with E-state index >= 15 is 0 Å². The third kappa shape index (κ3) is 8.09. The van der Waals surface area contributed by atoms with Crippen molar-refractivity contribution in [3.05, 3.63) is 29.8 Å². The molecular formula is C23H42N2O. The molecule has 0 spiro atoms. The van der Waals surface area contributed by atoms with Gasteiger partial charge in [0.1, 0.15) is 6.23 Å². The Balaban J connectivity index is 2.89. The molecule has 0 bridgehead atoms. The van der Waals surface area contributed by atoms with E-state index in [9.17, 15) is 5.11 Å². The number of nitrogens with two attached hydrogens (primary N) is 1. The summed E-state index contributed by atoms with van der Waals surface area (Å²) in [6.45, 7) is 11.0. The molecule has 3 atom stereocenters. The Morgan fingerprint density at radius 2 is 1.31 bits per heavy atom. The van der Waals surface area contributed by atoms with E-state index in [2.05, 4.69) is 32.6 Å². The molecule has 0 aliphatic carbocycles. The number of benzene rings is 1. The van der Waals surface area contributed by atoms with Gasteiger partial charge in [-0.2, -0.15) is 0 Å². The topological polar surface area (TPSA) is 49.5 Å². The normalized spacial score (nSPS) is 15.2. The molecule has 3 unspecified atom stereocenters. The van der Waals surface area contributed by atoms with Crippen molar-refractivity contribution in [1.29, 1.82) is 0 Å². The smallest absolute Gasteiger partial charge is 0.133 e. The highest BCUT2D eigenvalue weighted by molar-refractivity contribution is 5.39. The number of hydrogen-bond acceptors (Lipinski definition) is 3. The first-order valence-corrected chi connectivity index (χ1v) is 10.8. The summed E-state index contributed by atoms with van der Waals surface area (Å²) in [6, 6.07) is 7.71. The first-order valence-electron chi connectivity index (χ1n) is 10.8. The summed E-state index contributed by atoms with van der Waals surface area (Å²) in [5.41, 5.74) is 7.52. The highest BCUT2D eigenvalue weighted by Gasteiger charge is 2.23. The van der Waals surface area contributed by atoms with E-state index < -0.39 is 6.23 Å². The standard InChI is InChI=1S/C23H42N2O/c1-5-9-11-19(7-3)17-25(18-20(8-4)12-10-6-2)23(26)21-13-15-22(24)16-14-21/h13-16,19-20,23,26H,5-12,17-18,24H2,1-4H3. The minimum absolute atomic E-state index is 0.540. The van der Waals surface area contributed by atoms with Gasteiger partial charge in [0.2, 0.25) is 0 Å². The number of hydrogen-bond donors (Lipinski definition) is 2. The number of aliphatic hydroxyl groups excluding tert-OH is 1. The van der Waals surface area contributed by atoms with Gasteiger partial charge >= 0.3 is 0 Å². The number of nitrogen functional groups attached to an aromatic ring is 1. The first-order chi connectivity index (χ1) is 12.5. The second-order valence-corrected chi connectivity index (χ2v) is 7.83. The zero-order valence-electron chi connectivity index (χ0n) is 17.6. The van der Waals surface area contributed by atoms with E-state index in [-0.39, 0.29) is 0 Å². The third-order valence-electron chi connectivity index (χ3n) is 5.65. The molecule has 26 heavy (non-hydrogen) atoms. The largest absolute Gasteiger partial charge is 0.399 e. The van der Waals surface area contributed by atoms with E-state index in [0.29, 0.717) is 11.8 Å². The predicted octanol–water partition coefficient (Wildman–Crippen LogP) is 5.99. The molecule has 1 aromatic rings. The minimum atomic E-state index is -0.540. The van der Waals surface area contributed by atoms with Crippen molar-refractivity contribution in [1.82, 2.24) is 4.90 Å². The fraction of sp³-hybridized carbons (Fsp3) is 0.739. The van der Waals surface area contributed by atoms with Crippen molar-refractivity contribution in [2.45, 2.75) is 85.3 Å². The number of nitrogens with zero attached hydrogens (tertiary/aromatic N) is 1. The number of rotatable bonds is 14. The average molecular weight is 363 g/mol. The Labute approximate surface area is 162 Å². The Morgan fingerprint density at radius 1 is 0.846 bits per heavy atom. The number of unbranched alkanes of at least 4 members (excludes halogenated alkanes) is 2. The molecule has 0 radical (unpaired) electrons. The number of aliphatic hydroxyl groups is 1. The van der Waals surface area contributed by atoms with Crippen molar-refractivity contribution >= 4 is 5.69 Å². The van der Waals surface area contributed by atoms with E-state index in [0.717, 1.165) is 24.3 Å². The lowest BCUT2D eigenvalue weighted by molar-refractivity contribution is -0.0204. The summed E-state index contributed by atoms with van der Waals surface area (Å²) in [5.74, 6) is 1.31. The maximum absolute atomic E-state index is 11.1. The molecule has 0 fully saturated rings. The fourth-order valence-corrected chi connectivity index (χ4v) is 3.65. The Kier molecular flexibility index (Phi) is 11.6. The Morgan fingerprint density at radius 3 is 1.69 bits per heavy atom. The van der Waals surface area contributed by atoms with Gasteiger partial charge in [-0.05, 0) is 42.4 Å². The average Bonchev–Trinajstić information content (AvgIpc) is 2.66. The molecule has 0 saturated heterocycles.